The first kappa shape index (κ1) is 18.4. The molecule has 1 aromatic carbocycles. The van der Waals surface area contributed by atoms with Crippen LogP contribution in [0, 0.1) is 5.82 Å². The van der Waals surface area contributed by atoms with Crippen LogP contribution >= 0.6 is 0 Å². The van der Waals surface area contributed by atoms with E-state index in [-0.39, 0.29) is 36.6 Å². The molecule has 1 fully saturated rings. The monoisotopic (exact) mass is 336 g/mol. The highest BCUT2D eigenvalue weighted by Gasteiger charge is 2.25. The van der Waals surface area contributed by atoms with Crippen molar-refractivity contribution in [2.75, 3.05) is 13.1 Å². The molecule has 132 valence electrons. The highest BCUT2D eigenvalue weighted by atomic mass is 19.1. The maximum absolute atomic E-state index is 13.3. The van der Waals surface area contributed by atoms with Gasteiger partial charge < -0.3 is 15.3 Å². The summed E-state index contributed by atoms with van der Waals surface area (Å²) in [5.41, 5.74) is -0.0375. The Kier molecular flexibility index (Phi) is 5.94. The Morgan fingerprint density at radius 1 is 1.29 bits per heavy atom. The van der Waals surface area contributed by atoms with Crippen LogP contribution in [0.2, 0.25) is 0 Å². The van der Waals surface area contributed by atoms with Crippen LogP contribution in [-0.4, -0.2) is 41.0 Å². The van der Waals surface area contributed by atoms with Crippen molar-refractivity contribution in [3.8, 4) is 0 Å². The number of nitrogens with one attached hydrogen (secondary N) is 1. The van der Waals surface area contributed by atoms with Gasteiger partial charge in [-0.3, -0.25) is 9.59 Å². The second-order valence-electron chi connectivity index (χ2n) is 6.80. The van der Waals surface area contributed by atoms with Crippen molar-refractivity contribution in [2.24, 2.45) is 0 Å². The average Bonchev–Trinajstić information content (AvgIpc) is 2.53. The van der Waals surface area contributed by atoms with E-state index in [1.54, 1.807) is 30.9 Å². The minimum Gasteiger partial charge on any atom is -0.393 e. The van der Waals surface area contributed by atoms with Crippen LogP contribution in [-0.2, 0) is 15.1 Å². The predicted molar refractivity (Wildman–Crippen MR) is 88.6 cm³/mol. The first-order valence-corrected chi connectivity index (χ1v) is 8.31. The number of piperidine rings is 1. The molecule has 0 unspecified atom stereocenters. The molecule has 0 aromatic heterocycles. The molecule has 0 saturated carbocycles. The average molecular weight is 336 g/mol. The molecule has 1 saturated heterocycles. The van der Waals surface area contributed by atoms with E-state index in [0.29, 0.717) is 31.5 Å². The summed E-state index contributed by atoms with van der Waals surface area (Å²) in [6.07, 6.45) is 1.08. The number of halogens is 1. The zero-order chi connectivity index (χ0) is 17.7. The molecule has 24 heavy (non-hydrogen) atoms. The van der Waals surface area contributed by atoms with Crippen molar-refractivity contribution in [2.45, 2.75) is 51.2 Å². The van der Waals surface area contributed by atoms with Crippen LogP contribution in [0.15, 0.2) is 24.3 Å². The van der Waals surface area contributed by atoms with E-state index in [9.17, 15) is 19.1 Å². The van der Waals surface area contributed by atoms with Crippen molar-refractivity contribution < 1.29 is 19.1 Å². The van der Waals surface area contributed by atoms with Gasteiger partial charge in [0, 0.05) is 25.9 Å². The number of carbonyl (C=O) groups is 2. The minimum absolute atomic E-state index is 0.0689. The number of benzene rings is 1. The van der Waals surface area contributed by atoms with Crippen molar-refractivity contribution in [3.63, 3.8) is 0 Å². The van der Waals surface area contributed by atoms with Crippen LogP contribution in [0.4, 0.5) is 4.39 Å². The summed E-state index contributed by atoms with van der Waals surface area (Å²) in [5, 5.41) is 12.3. The summed E-state index contributed by atoms with van der Waals surface area (Å²) >= 11 is 0. The normalized spacial score (nSPS) is 16.1. The fourth-order valence-electron chi connectivity index (χ4n) is 2.85. The maximum atomic E-state index is 13.3. The zero-order valence-corrected chi connectivity index (χ0v) is 14.2. The number of aliphatic hydroxyl groups excluding tert-OH is 1. The molecule has 2 rings (SSSR count). The Morgan fingerprint density at radius 2 is 1.96 bits per heavy atom. The number of nitrogens with zero attached hydrogens (tertiary/aromatic N) is 1. The Labute approximate surface area is 141 Å². The molecule has 0 spiro atoms. The second kappa shape index (κ2) is 7.75. The topological polar surface area (TPSA) is 69.6 Å². The molecule has 6 heteroatoms. The number of rotatable bonds is 5. The number of amides is 2. The van der Waals surface area contributed by atoms with Crippen LogP contribution in [0.5, 0.6) is 0 Å². The standard InChI is InChI=1S/C18H25FN2O3/c1-18(2,13-4-3-5-14(19)12-13)20-16(23)6-7-17(24)21-10-8-15(22)9-11-21/h3-5,12,15,22H,6-11H2,1-2H3,(H,20,23). The van der Waals surface area contributed by atoms with Gasteiger partial charge in [0.1, 0.15) is 5.82 Å². The molecule has 2 amide bonds. The van der Waals surface area contributed by atoms with Crippen molar-refractivity contribution >= 4 is 11.8 Å². The van der Waals surface area contributed by atoms with E-state index in [2.05, 4.69) is 5.32 Å². The number of aliphatic hydroxyl groups is 1. The number of likely N-dealkylation sites (tertiary alicyclic amines) is 1. The van der Waals surface area contributed by atoms with E-state index in [1.165, 1.54) is 12.1 Å². The first-order chi connectivity index (χ1) is 11.3. The van der Waals surface area contributed by atoms with E-state index >= 15 is 0 Å². The number of hydrogen-bond donors (Lipinski definition) is 2. The summed E-state index contributed by atoms with van der Waals surface area (Å²) in [6, 6.07) is 6.11. The summed E-state index contributed by atoms with van der Waals surface area (Å²) in [5.74, 6) is -0.660. The Hall–Kier alpha value is -1.95. The summed E-state index contributed by atoms with van der Waals surface area (Å²) < 4.78 is 13.3. The Morgan fingerprint density at radius 3 is 2.58 bits per heavy atom. The van der Waals surface area contributed by atoms with E-state index in [4.69, 9.17) is 0 Å². The van der Waals surface area contributed by atoms with Gasteiger partial charge in [-0.2, -0.15) is 0 Å². The molecule has 1 heterocycles. The molecule has 0 radical (unpaired) electrons. The van der Waals surface area contributed by atoms with Crippen LogP contribution < -0.4 is 5.32 Å². The lowest BCUT2D eigenvalue weighted by molar-refractivity contribution is -0.135. The highest BCUT2D eigenvalue weighted by molar-refractivity contribution is 5.84. The van der Waals surface area contributed by atoms with Crippen molar-refractivity contribution in [3.05, 3.63) is 35.6 Å². The minimum atomic E-state index is -0.711. The van der Waals surface area contributed by atoms with Gasteiger partial charge in [-0.25, -0.2) is 4.39 Å². The van der Waals surface area contributed by atoms with Crippen molar-refractivity contribution in [1.29, 1.82) is 0 Å². The smallest absolute Gasteiger partial charge is 0.223 e. The molecule has 1 aromatic rings. The van der Waals surface area contributed by atoms with Crippen LogP contribution in [0.1, 0.15) is 45.1 Å². The maximum Gasteiger partial charge on any atom is 0.223 e. The third-order valence-electron chi connectivity index (χ3n) is 4.38. The van der Waals surface area contributed by atoms with Gasteiger partial charge >= 0.3 is 0 Å². The van der Waals surface area contributed by atoms with Crippen LogP contribution in [0.25, 0.3) is 0 Å². The molecule has 0 atom stereocenters. The lowest BCUT2D eigenvalue weighted by Crippen LogP contribution is -2.43. The van der Waals surface area contributed by atoms with Gasteiger partial charge in [0.15, 0.2) is 0 Å². The quantitative estimate of drug-likeness (QED) is 0.863. The van der Waals surface area contributed by atoms with Gasteiger partial charge in [-0.15, -0.1) is 0 Å². The molecule has 5 nitrogen and oxygen atoms in total. The van der Waals surface area contributed by atoms with Gasteiger partial charge in [-0.05, 0) is 44.4 Å². The molecule has 1 aliphatic rings. The van der Waals surface area contributed by atoms with Gasteiger partial charge in [0.05, 0.1) is 11.6 Å². The number of hydrogen-bond acceptors (Lipinski definition) is 3. The Bertz CT molecular complexity index is 596. The predicted octanol–water partition coefficient (Wildman–Crippen LogP) is 1.94. The largest absolute Gasteiger partial charge is 0.393 e. The van der Waals surface area contributed by atoms with E-state index in [1.807, 2.05) is 0 Å². The SMILES string of the molecule is CC(C)(NC(=O)CCC(=O)N1CCC(O)CC1)c1cccc(F)c1. The van der Waals surface area contributed by atoms with Gasteiger partial charge in [0.25, 0.3) is 0 Å². The van der Waals surface area contributed by atoms with Crippen molar-refractivity contribution in [1.82, 2.24) is 10.2 Å². The lowest BCUT2D eigenvalue weighted by atomic mass is 9.94. The highest BCUT2D eigenvalue weighted by Crippen LogP contribution is 2.21. The molecule has 0 bridgehead atoms. The molecular formula is C18H25FN2O3. The Balaban J connectivity index is 1.83. The molecule has 1 aliphatic heterocycles. The van der Waals surface area contributed by atoms with Crippen LogP contribution in [0.3, 0.4) is 0 Å². The lowest BCUT2D eigenvalue weighted by Gasteiger charge is -2.30. The molecule has 2 N–H and O–H groups in total. The second-order valence-corrected chi connectivity index (χ2v) is 6.80. The van der Waals surface area contributed by atoms with Gasteiger partial charge in [-0.1, -0.05) is 12.1 Å². The third-order valence-corrected chi connectivity index (χ3v) is 4.38. The molecule has 0 aliphatic carbocycles. The summed E-state index contributed by atoms with van der Waals surface area (Å²) in [4.78, 5) is 25.9. The van der Waals surface area contributed by atoms with Gasteiger partial charge in [0.2, 0.25) is 11.8 Å². The third kappa shape index (κ3) is 5.03. The molecular weight excluding hydrogens is 311 g/mol. The first-order valence-electron chi connectivity index (χ1n) is 8.31. The summed E-state index contributed by atoms with van der Waals surface area (Å²) in [7, 11) is 0. The zero-order valence-electron chi connectivity index (χ0n) is 14.2. The fourth-order valence-corrected chi connectivity index (χ4v) is 2.85. The number of carbonyl (C=O) groups excluding carboxylic acids is 2. The van der Waals surface area contributed by atoms with E-state index < -0.39 is 5.54 Å². The fraction of sp³-hybridized carbons (Fsp3) is 0.556. The summed E-state index contributed by atoms with van der Waals surface area (Å²) in [6.45, 7) is 4.67. The van der Waals surface area contributed by atoms with E-state index in [0.717, 1.165) is 0 Å².